The third kappa shape index (κ3) is 3.49. The number of aliphatic hydroxyl groups is 1. The van der Waals surface area contributed by atoms with E-state index in [9.17, 15) is 29.6 Å². The second-order valence-corrected chi connectivity index (χ2v) is 6.92. The fourth-order valence-corrected chi connectivity index (χ4v) is 3.61. The summed E-state index contributed by atoms with van der Waals surface area (Å²) in [7, 11) is 0. The number of nitro benzene ring substituents is 1. The maximum Gasteiger partial charge on any atom is 0.355 e. The Morgan fingerprint density at radius 1 is 1.41 bits per heavy atom. The van der Waals surface area contributed by atoms with E-state index in [1.807, 2.05) is 0 Å². The van der Waals surface area contributed by atoms with E-state index in [2.05, 4.69) is 6.58 Å². The molecule has 1 aromatic rings. The van der Waals surface area contributed by atoms with Gasteiger partial charge in [-0.25, -0.2) is 4.79 Å². The molecule has 3 atom stereocenters. The normalized spacial score (nSPS) is 21.3. The van der Waals surface area contributed by atoms with Gasteiger partial charge >= 0.3 is 5.97 Å². The molecule has 3 rings (SSSR count). The molecule has 0 spiro atoms. The highest BCUT2D eigenvalue weighted by Gasteiger charge is 2.57. The lowest BCUT2D eigenvalue weighted by atomic mass is 9.82. The minimum Gasteiger partial charge on any atom is -0.456 e. The minimum absolute atomic E-state index is 0.0983. The van der Waals surface area contributed by atoms with Crippen molar-refractivity contribution in [2.75, 3.05) is 0 Å². The molecule has 10 nitrogen and oxygen atoms in total. The summed E-state index contributed by atoms with van der Waals surface area (Å²) in [4.78, 5) is 48.1. The Hall–Kier alpha value is -3.53. The topological polar surface area (TPSA) is 153 Å². The van der Waals surface area contributed by atoms with E-state index in [0.717, 1.165) is 0 Å². The quantitative estimate of drug-likeness (QED) is 0.222. The van der Waals surface area contributed by atoms with Gasteiger partial charge in [0.1, 0.15) is 12.3 Å². The monoisotopic (exact) mass is 401 g/mol. The van der Waals surface area contributed by atoms with Gasteiger partial charge in [0.05, 0.1) is 23.0 Å². The Labute approximate surface area is 165 Å². The van der Waals surface area contributed by atoms with E-state index in [-0.39, 0.29) is 35.6 Å². The highest BCUT2D eigenvalue weighted by atomic mass is 16.6. The molecule has 0 bridgehead atoms. The number of nitro groups is 1. The van der Waals surface area contributed by atoms with Gasteiger partial charge in [-0.05, 0) is 36.6 Å². The van der Waals surface area contributed by atoms with Crippen LogP contribution >= 0.6 is 0 Å². The molecule has 1 fully saturated rings. The van der Waals surface area contributed by atoms with Gasteiger partial charge in [0.15, 0.2) is 0 Å². The molecule has 2 heterocycles. The molecule has 0 radical (unpaired) electrons. The van der Waals surface area contributed by atoms with E-state index >= 15 is 0 Å². The summed E-state index contributed by atoms with van der Waals surface area (Å²) in [6.07, 6.45) is -0.757. The molecule has 0 aliphatic carbocycles. The SMILES string of the molecule is C=C(C(N)=O)C1=C(C(=O)OCc2ccc([N+](=O)[O-])cc2)N2C(=O)[C@H]([C@@H](C)O)[C@H]2C1. The van der Waals surface area contributed by atoms with Crippen LogP contribution in [0.4, 0.5) is 5.69 Å². The Morgan fingerprint density at radius 3 is 2.55 bits per heavy atom. The number of benzene rings is 1. The van der Waals surface area contributed by atoms with E-state index < -0.39 is 40.8 Å². The van der Waals surface area contributed by atoms with Gasteiger partial charge in [-0.15, -0.1) is 0 Å². The number of nitrogens with zero attached hydrogens (tertiary/aromatic N) is 2. The van der Waals surface area contributed by atoms with Crippen LogP contribution in [0.1, 0.15) is 18.9 Å². The number of hydrogen-bond donors (Lipinski definition) is 2. The van der Waals surface area contributed by atoms with E-state index in [0.29, 0.717) is 5.56 Å². The number of amides is 2. The smallest absolute Gasteiger partial charge is 0.355 e. The number of hydrogen-bond acceptors (Lipinski definition) is 7. The van der Waals surface area contributed by atoms with Crippen molar-refractivity contribution in [3.8, 4) is 0 Å². The number of esters is 1. The molecular formula is C19H19N3O7. The minimum atomic E-state index is -0.915. The summed E-state index contributed by atoms with van der Waals surface area (Å²) < 4.78 is 5.25. The first-order chi connectivity index (χ1) is 13.6. The third-order valence-electron chi connectivity index (χ3n) is 5.10. The fraction of sp³-hybridized carbons (Fsp3) is 0.316. The number of rotatable bonds is 7. The molecule has 2 aliphatic heterocycles. The molecule has 0 aromatic heterocycles. The number of aliphatic hydroxyl groups excluding tert-OH is 1. The molecule has 1 aromatic carbocycles. The first-order valence-electron chi connectivity index (χ1n) is 8.77. The Morgan fingerprint density at radius 2 is 2.03 bits per heavy atom. The number of β-lactam (4-membered cyclic amide) rings is 1. The summed E-state index contributed by atoms with van der Waals surface area (Å²) >= 11 is 0. The van der Waals surface area contributed by atoms with Gasteiger partial charge in [-0.2, -0.15) is 0 Å². The van der Waals surface area contributed by atoms with Gasteiger partial charge in [0.2, 0.25) is 11.8 Å². The lowest BCUT2D eigenvalue weighted by molar-refractivity contribution is -0.384. The molecule has 0 unspecified atom stereocenters. The van der Waals surface area contributed by atoms with Crippen molar-refractivity contribution < 1.29 is 29.2 Å². The Balaban J connectivity index is 1.81. The zero-order chi connectivity index (χ0) is 21.5. The van der Waals surface area contributed by atoms with Crippen molar-refractivity contribution >= 4 is 23.5 Å². The van der Waals surface area contributed by atoms with E-state index in [1.54, 1.807) is 0 Å². The Kier molecular flexibility index (Phi) is 5.21. The van der Waals surface area contributed by atoms with Crippen molar-refractivity contribution in [1.29, 1.82) is 0 Å². The number of carbonyl (C=O) groups excluding carboxylic acids is 3. The van der Waals surface area contributed by atoms with Crippen LogP contribution in [0.5, 0.6) is 0 Å². The van der Waals surface area contributed by atoms with Crippen molar-refractivity contribution in [3.63, 3.8) is 0 Å². The standard InChI is InChI=1S/C19H19N3O7/c1-9(17(20)24)13-7-14-15(10(2)23)18(25)21(14)16(13)19(26)29-8-11-3-5-12(6-4-11)22(27)28/h3-6,10,14-15,23H,1,7-8H2,2H3,(H2,20,24)/t10-,14-,15-/m1/s1. The van der Waals surface area contributed by atoms with Gasteiger partial charge in [0, 0.05) is 17.7 Å². The average Bonchev–Trinajstić information content (AvgIpc) is 3.00. The van der Waals surface area contributed by atoms with Gasteiger partial charge in [-0.1, -0.05) is 6.58 Å². The molecule has 152 valence electrons. The molecule has 0 saturated carbocycles. The van der Waals surface area contributed by atoms with Gasteiger partial charge < -0.3 is 20.5 Å². The molecule has 2 aliphatic rings. The maximum absolute atomic E-state index is 12.7. The zero-order valence-electron chi connectivity index (χ0n) is 15.5. The summed E-state index contributed by atoms with van der Waals surface area (Å²) in [5, 5.41) is 20.5. The fourth-order valence-electron chi connectivity index (χ4n) is 3.61. The van der Waals surface area contributed by atoms with Crippen LogP contribution in [0.2, 0.25) is 0 Å². The van der Waals surface area contributed by atoms with Crippen LogP contribution in [-0.4, -0.2) is 44.9 Å². The average molecular weight is 401 g/mol. The van der Waals surface area contributed by atoms with Crippen molar-refractivity contribution in [3.05, 3.63) is 63.4 Å². The molecule has 1 saturated heterocycles. The summed E-state index contributed by atoms with van der Waals surface area (Å²) in [5.74, 6) is -2.81. The third-order valence-corrected chi connectivity index (χ3v) is 5.10. The number of fused-ring (bicyclic) bond motifs is 1. The zero-order valence-corrected chi connectivity index (χ0v) is 15.5. The summed E-state index contributed by atoms with van der Waals surface area (Å²) in [6, 6.07) is 4.97. The molecule has 3 N–H and O–H groups in total. The molecular weight excluding hydrogens is 382 g/mol. The number of carbonyl (C=O) groups is 3. The Bertz CT molecular complexity index is 949. The molecule has 10 heteroatoms. The highest BCUT2D eigenvalue weighted by molar-refractivity contribution is 6.05. The highest BCUT2D eigenvalue weighted by Crippen LogP contribution is 2.45. The van der Waals surface area contributed by atoms with Crippen molar-refractivity contribution in [2.24, 2.45) is 11.7 Å². The van der Waals surface area contributed by atoms with Crippen LogP contribution < -0.4 is 5.73 Å². The predicted octanol–water partition coefficient (Wildman–Crippen LogP) is 0.545. The number of primary amides is 1. The van der Waals surface area contributed by atoms with Crippen molar-refractivity contribution in [1.82, 2.24) is 4.90 Å². The largest absolute Gasteiger partial charge is 0.456 e. The van der Waals surface area contributed by atoms with Crippen LogP contribution in [0.15, 0.2) is 47.7 Å². The van der Waals surface area contributed by atoms with E-state index in [4.69, 9.17) is 10.5 Å². The first kappa shape index (κ1) is 20.2. The predicted molar refractivity (Wildman–Crippen MR) is 98.7 cm³/mol. The lowest BCUT2D eigenvalue weighted by Gasteiger charge is -2.44. The summed E-state index contributed by atoms with van der Waals surface area (Å²) in [6.45, 7) is 4.89. The maximum atomic E-state index is 12.7. The second kappa shape index (κ2) is 7.47. The van der Waals surface area contributed by atoms with Crippen LogP contribution in [-0.2, 0) is 25.7 Å². The van der Waals surface area contributed by atoms with Crippen LogP contribution in [0.25, 0.3) is 0 Å². The van der Waals surface area contributed by atoms with Gasteiger partial charge in [0.25, 0.3) is 5.69 Å². The number of ether oxygens (including phenoxy) is 1. The van der Waals surface area contributed by atoms with Gasteiger partial charge in [-0.3, -0.25) is 19.7 Å². The van der Waals surface area contributed by atoms with Crippen LogP contribution in [0, 0.1) is 16.0 Å². The molecule has 29 heavy (non-hydrogen) atoms. The van der Waals surface area contributed by atoms with E-state index in [1.165, 1.54) is 36.1 Å². The van der Waals surface area contributed by atoms with Crippen molar-refractivity contribution in [2.45, 2.75) is 32.1 Å². The second-order valence-electron chi connectivity index (χ2n) is 6.92. The number of non-ortho nitro benzene ring substituents is 1. The first-order valence-corrected chi connectivity index (χ1v) is 8.77. The van der Waals surface area contributed by atoms with Crippen LogP contribution in [0.3, 0.4) is 0 Å². The lowest BCUT2D eigenvalue weighted by Crippen LogP contribution is -2.61. The molecule has 2 amide bonds. The summed E-state index contributed by atoms with van der Waals surface area (Å²) in [5.41, 5.74) is 5.70. The number of nitrogens with two attached hydrogens (primary N) is 1.